The molecule has 2 aromatic rings. The van der Waals surface area contributed by atoms with Crippen molar-refractivity contribution in [3.05, 3.63) is 63.6 Å². The summed E-state index contributed by atoms with van der Waals surface area (Å²) in [5.41, 5.74) is 3.09. The third-order valence-electron chi connectivity index (χ3n) is 3.09. The van der Waals surface area contributed by atoms with Crippen LogP contribution in [0, 0.1) is 12.7 Å². The number of benzene rings is 1. The highest BCUT2D eigenvalue weighted by atomic mass is 79.9. The second-order valence-corrected chi connectivity index (χ2v) is 5.16. The molecule has 1 N–H and O–H groups in total. The van der Waals surface area contributed by atoms with E-state index in [2.05, 4.69) is 26.2 Å². The van der Waals surface area contributed by atoms with Crippen molar-refractivity contribution in [2.45, 2.75) is 19.9 Å². The van der Waals surface area contributed by atoms with E-state index < -0.39 is 0 Å². The van der Waals surface area contributed by atoms with E-state index in [1.165, 1.54) is 6.07 Å². The standard InChI is InChI=1S/C15H16BrFN2/c1-3-19-15(12-9-18-8-7-10(12)2)11-5-4-6-13(17)14(11)16/h4-9,15,19H,3H2,1-2H3. The minimum atomic E-state index is -0.248. The van der Waals surface area contributed by atoms with Crippen molar-refractivity contribution in [2.75, 3.05) is 6.54 Å². The molecule has 0 aliphatic heterocycles. The van der Waals surface area contributed by atoms with Crippen molar-refractivity contribution in [3.63, 3.8) is 0 Å². The molecule has 0 fully saturated rings. The van der Waals surface area contributed by atoms with Gasteiger partial charge in [-0.15, -0.1) is 0 Å². The minimum Gasteiger partial charge on any atom is -0.306 e. The SMILES string of the molecule is CCNC(c1cnccc1C)c1cccc(F)c1Br. The third-order valence-corrected chi connectivity index (χ3v) is 3.93. The Kier molecular flexibility index (Phi) is 4.66. The summed E-state index contributed by atoms with van der Waals surface area (Å²) in [5, 5.41) is 3.39. The first-order chi connectivity index (χ1) is 9.15. The number of rotatable bonds is 4. The van der Waals surface area contributed by atoms with Gasteiger partial charge in [0.2, 0.25) is 0 Å². The molecule has 0 radical (unpaired) electrons. The van der Waals surface area contributed by atoms with E-state index in [1.54, 1.807) is 12.3 Å². The lowest BCUT2D eigenvalue weighted by Crippen LogP contribution is -2.23. The van der Waals surface area contributed by atoms with E-state index in [9.17, 15) is 4.39 Å². The number of hydrogen-bond donors (Lipinski definition) is 1. The van der Waals surface area contributed by atoms with Gasteiger partial charge < -0.3 is 5.32 Å². The van der Waals surface area contributed by atoms with Gasteiger partial charge in [0.1, 0.15) is 5.82 Å². The van der Waals surface area contributed by atoms with Gasteiger partial charge in [-0.1, -0.05) is 19.1 Å². The molecule has 0 aliphatic carbocycles. The fraction of sp³-hybridized carbons (Fsp3) is 0.267. The van der Waals surface area contributed by atoms with Gasteiger partial charge in [-0.3, -0.25) is 4.98 Å². The van der Waals surface area contributed by atoms with Crippen LogP contribution in [0.25, 0.3) is 0 Å². The summed E-state index contributed by atoms with van der Waals surface area (Å²) in [6.45, 7) is 4.86. The number of aryl methyl sites for hydroxylation is 1. The smallest absolute Gasteiger partial charge is 0.137 e. The molecule has 1 aromatic heterocycles. The summed E-state index contributed by atoms with van der Waals surface area (Å²) in [6.07, 6.45) is 3.60. The second-order valence-electron chi connectivity index (χ2n) is 4.37. The van der Waals surface area contributed by atoms with E-state index in [1.807, 2.05) is 32.2 Å². The molecular weight excluding hydrogens is 307 g/mol. The van der Waals surface area contributed by atoms with Crippen molar-refractivity contribution >= 4 is 15.9 Å². The zero-order chi connectivity index (χ0) is 13.8. The van der Waals surface area contributed by atoms with Crippen molar-refractivity contribution in [1.82, 2.24) is 10.3 Å². The molecule has 1 heterocycles. The monoisotopic (exact) mass is 322 g/mol. The molecule has 0 aliphatic rings. The van der Waals surface area contributed by atoms with E-state index in [0.717, 1.165) is 23.2 Å². The Morgan fingerprint density at radius 2 is 2.11 bits per heavy atom. The van der Waals surface area contributed by atoms with Gasteiger partial charge in [-0.25, -0.2) is 4.39 Å². The number of pyridine rings is 1. The molecule has 19 heavy (non-hydrogen) atoms. The third kappa shape index (κ3) is 3.01. The first kappa shape index (κ1) is 14.2. The van der Waals surface area contributed by atoms with E-state index in [4.69, 9.17) is 0 Å². The summed E-state index contributed by atoms with van der Waals surface area (Å²) in [6, 6.07) is 7.00. The Labute approximate surface area is 121 Å². The maximum Gasteiger partial charge on any atom is 0.137 e. The fourth-order valence-corrected chi connectivity index (χ4v) is 2.61. The van der Waals surface area contributed by atoms with Crippen LogP contribution in [0.4, 0.5) is 4.39 Å². The van der Waals surface area contributed by atoms with Gasteiger partial charge >= 0.3 is 0 Å². The van der Waals surface area contributed by atoms with Crippen LogP contribution in [0.1, 0.15) is 29.7 Å². The first-order valence-corrected chi connectivity index (χ1v) is 7.02. The molecule has 2 rings (SSSR count). The predicted octanol–water partition coefficient (Wildman–Crippen LogP) is 3.99. The average Bonchev–Trinajstić information content (AvgIpc) is 2.41. The zero-order valence-corrected chi connectivity index (χ0v) is 12.5. The zero-order valence-electron chi connectivity index (χ0n) is 11.0. The Hall–Kier alpha value is -1.26. The van der Waals surface area contributed by atoms with Crippen LogP contribution in [0.5, 0.6) is 0 Å². The van der Waals surface area contributed by atoms with E-state index in [0.29, 0.717) is 4.47 Å². The summed E-state index contributed by atoms with van der Waals surface area (Å²) >= 11 is 3.34. The molecule has 0 amide bonds. The van der Waals surface area contributed by atoms with Crippen molar-refractivity contribution in [3.8, 4) is 0 Å². The maximum atomic E-state index is 13.7. The van der Waals surface area contributed by atoms with Crippen molar-refractivity contribution < 1.29 is 4.39 Å². The number of halogens is 2. The number of aromatic nitrogens is 1. The topological polar surface area (TPSA) is 24.9 Å². The van der Waals surface area contributed by atoms with Gasteiger partial charge in [0.15, 0.2) is 0 Å². The lowest BCUT2D eigenvalue weighted by Gasteiger charge is -2.21. The molecule has 0 saturated carbocycles. The van der Waals surface area contributed by atoms with Crippen LogP contribution in [-0.4, -0.2) is 11.5 Å². The van der Waals surface area contributed by atoms with Crippen molar-refractivity contribution in [2.24, 2.45) is 0 Å². The maximum absolute atomic E-state index is 13.7. The molecule has 100 valence electrons. The van der Waals surface area contributed by atoms with Gasteiger partial charge in [-0.05, 0) is 58.2 Å². The minimum absolute atomic E-state index is 0.0659. The van der Waals surface area contributed by atoms with E-state index >= 15 is 0 Å². The number of hydrogen-bond acceptors (Lipinski definition) is 2. The van der Waals surface area contributed by atoms with Gasteiger partial charge in [0.25, 0.3) is 0 Å². The van der Waals surface area contributed by atoms with Crippen molar-refractivity contribution in [1.29, 1.82) is 0 Å². The summed E-state index contributed by atoms with van der Waals surface area (Å²) in [5.74, 6) is -0.248. The molecule has 1 unspecified atom stereocenters. The number of nitrogens with zero attached hydrogens (tertiary/aromatic N) is 1. The lowest BCUT2D eigenvalue weighted by atomic mass is 9.96. The van der Waals surface area contributed by atoms with Gasteiger partial charge in [0.05, 0.1) is 10.5 Å². The summed E-state index contributed by atoms with van der Waals surface area (Å²) in [7, 11) is 0. The average molecular weight is 323 g/mol. The van der Waals surface area contributed by atoms with Crippen LogP contribution in [0.2, 0.25) is 0 Å². The Bertz CT molecular complexity index is 572. The molecule has 4 heteroatoms. The summed E-state index contributed by atoms with van der Waals surface area (Å²) in [4.78, 5) is 4.18. The summed E-state index contributed by atoms with van der Waals surface area (Å²) < 4.78 is 14.2. The fourth-order valence-electron chi connectivity index (χ4n) is 2.11. The second kappa shape index (κ2) is 6.26. The highest BCUT2D eigenvalue weighted by molar-refractivity contribution is 9.10. The molecule has 1 aromatic carbocycles. The molecule has 0 bridgehead atoms. The highest BCUT2D eigenvalue weighted by Gasteiger charge is 2.19. The molecular formula is C15H16BrFN2. The largest absolute Gasteiger partial charge is 0.306 e. The van der Waals surface area contributed by atoms with Crippen LogP contribution < -0.4 is 5.32 Å². The first-order valence-electron chi connectivity index (χ1n) is 6.23. The van der Waals surface area contributed by atoms with Crippen LogP contribution in [0.3, 0.4) is 0 Å². The highest BCUT2D eigenvalue weighted by Crippen LogP contribution is 2.31. The Balaban J connectivity index is 2.52. The van der Waals surface area contributed by atoms with Gasteiger partial charge in [0, 0.05) is 12.4 Å². The Morgan fingerprint density at radius 3 is 2.79 bits per heavy atom. The number of nitrogens with one attached hydrogen (secondary N) is 1. The van der Waals surface area contributed by atoms with Crippen LogP contribution in [0.15, 0.2) is 41.1 Å². The Morgan fingerprint density at radius 1 is 1.32 bits per heavy atom. The van der Waals surface area contributed by atoms with Crippen LogP contribution >= 0.6 is 15.9 Å². The normalized spacial score (nSPS) is 12.4. The lowest BCUT2D eigenvalue weighted by molar-refractivity contribution is 0.593. The molecule has 1 atom stereocenters. The predicted molar refractivity (Wildman–Crippen MR) is 78.6 cm³/mol. The molecule has 0 saturated heterocycles. The molecule has 2 nitrogen and oxygen atoms in total. The van der Waals surface area contributed by atoms with E-state index in [-0.39, 0.29) is 11.9 Å². The van der Waals surface area contributed by atoms with Gasteiger partial charge in [-0.2, -0.15) is 0 Å². The quantitative estimate of drug-likeness (QED) is 0.920. The van der Waals surface area contributed by atoms with Crippen LogP contribution in [-0.2, 0) is 0 Å². The molecule has 0 spiro atoms.